The number of fused-ring (bicyclic) bond motifs is 1. The lowest BCUT2D eigenvalue weighted by atomic mass is 10.1. The Labute approximate surface area is 158 Å². The number of amides is 3. The van der Waals surface area contributed by atoms with E-state index in [2.05, 4.69) is 21.2 Å². The Bertz CT molecular complexity index is 1030. The first-order chi connectivity index (χ1) is 13.4. The quantitative estimate of drug-likeness (QED) is 0.501. The third-order valence-corrected chi connectivity index (χ3v) is 3.90. The number of hydrazine groups is 1. The molecule has 2 aromatic carbocycles. The monoisotopic (exact) mass is 386 g/mol. The Morgan fingerprint density at radius 2 is 1.61 bits per heavy atom. The maximum absolute atomic E-state index is 13.1. The number of rotatable bonds is 5. The van der Waals surface area contributed by atoms with Crippen molar-refractivity contribution >= 4 is 28.6 Å². The van der Waals surface area contributed by atoms with Crippen LogP contribution < -0.4 is 16.2 Å². The van der Waals surface area contributed by atoms with Gasteiger partial charge in [0.15, 0.2) is 0 Å². The average Bonchev–Trinajstić information content (AvgIpc) is 3.06. The van der Waals surface area contributed by atoms with Crippen LogP contribution >= 0.6 is 0 Å². The summed E-state index contributed by atoms with van der Waals surface area (Å²) in [6.45, 7) is -0.482. The van der Waals surface area contributed by atoms with Crippen LogP contribution in [0.2, 0.25) is 0 Å². The Hall–Kier alpha value is -3.75. The third kappa shape index (κ3) is 4.70. The van der Waals surface area contributed by atoms with Gasteiger partial charge < -0.3 is 10.3 Å². The molecule has 1 aromatic heterocycles. The van der Waals surface area contributed by atoms with Crippen LogP contribution in [0.4, 0.5) is 8.78 Å². The summed E-state index contributed by atoms with van der Waals surface area (Å²) in [6.07, 6.45) is 1.75. The topological polar surface area (TPSA) is 103 Å². The van der Waals surface area contributed by atoms with E-state index in [0.29, 0.717) is 6.07 Å². The molecule has 9 heteroatoms. The largest absolute Gasteiger partial charge is 0.361 e. The molecule has 1 heterocycles. The van der Waals surface area contributed by atoms with Gasteiger partial charge in [0.2, 0.25) is 5.91 Å². The van der Waals surface area contributed by atoms with Gasteiger partial charge >= 0.3 is 0 Å². The molecular formula is C19H16F2N4O3. The van der Waals surface area contributed by atoms with Gasteiger partial charge in [-0.15, -0.1) is 0 Å². The van der Waals surface area contributed by atoms with E-state index in [1.54, 1.807) is 6.20 Å². The lowest BCUT2D eigenvalue weighted by molar-refractivity contribution is -0.128. The van der Waals surface area contributed by atoms with Crippen LogP contribution in [-0.4, -0.2) is 29.3 Å². The second-order valence-electron chi connectivity index (χ2n) is 5.97. The van der Waals surface area contributed by atoms with Crippen LogP contribution in [0.25, 0.3) is 10.9 Å². The smallest absolute Gasteiger partial charge is 0.257 e. The normalized spacial score (nSPS) is 10.5. The summed E-state index contributed by atoms with van der Waals surface area (Å²) in [5, 5.41) is 3.11. The molecule has 3 aromatic rings. The number of aromatic nitrogens is 1. The summed E-state index contributed by atoms with van der Waals surface area (Å²) < 4.78 is 26.2. The number of nitrogens with one attached hydrogen (secondary N) is 4. The fourth-order valence-corrected chi connectivity index (χ4v) is 2.63. The fourth-order valence-electron chi connectivity index (χ4n) is 2.63. The molecule has 0 unspecified atom stereocenters. The van der Waals surface area contributed by atoms with Crippen LogP contribution in [0.5, 0.6) is 0 Å². The van der Waals surface area contributed by atoms with Gasteiger partial charge in [-0.25, -0.2) is 8.78 Å². The molecule has 28 heavy (non-hydrogen) atoms. The molecule has 0 aliphatic heterocycles. The van der Waals surface area contributed by atoms with Crippen LogP contribution in [0.3, 0.4) is 0 Å². The second-order valence-corrected chi connectivity index (χ2v) is 5.97. The standard InChI is InChI=1S/C19H16F2N4O3/c20-13-5-11(6-14(21)8-13)19(28)23-10-18(27)25-24-17(26)7-12-9-22-16-4-2-1-3-15(12)16/h1-6,8-9,22H,7,10H2,(H,23,28)(H,24,26)(H,25,27). The molecule has 3 rings (SSSR count). The number of aromatic amines is 1. The average molecular weight is 386 g/mol. The van der Waals surface area contributed by atoms with E-state index in [-0.39, 0.29) is 12.0 Å². The van der Waals surface area contributed by atoms with E-state index in [1.165, 1.54) is 0 Å². The van der Waals surface area contributed by atoms with Crippen molar-refractivity contribution in [3.05, 3.63) is 71.4 Å². The zero-order valence-corrected chi connectivity index (χ0v) is 14.5. The predicted octanol–water partition coefficient (Wildman–Crippen LogP) is 1.57. The van der Waals surface area contributed by atoms with E-state index in [0.717, 1.165) is 28.6 Å². The molecule has 0 spiro atoms. The van der Waals surface area contributed by atoms with Crippen molar-refractivity contribution in [1.82, 2.24) is 21.2 Å². The molecule has 0 saturated carbocycles. The van der Waals surface area contributed by atoms with Gasteiger partial charge in [0.05, 0.1) is 13.0 Å². The van der Waals surface area contributed by atoms with Gasteiger partial charge in [-0.2, -0.15) is 0 Å². The lowest BCUT2D eigenvalue weighted by Crippen LogP contribution is -2.46. The minimum Gasteiger partial charge on any atom is -0.361 e. The molecule has 4 N–H and O–H groups in total. The molecule has 0 fully saturated rings. The van der Waals surface area contributed by atoms with Gasteiger partial charge in [-0.1, -0.05) is 18.2 Å². The highest BCUT2D eigenvalue weighted by Crippen LogP contribution is 2.17. The maximum atomic E-state index is 13.1. The molecule has 0 aliphatic rings. The molecule has 0 bridgehead atoms. The van der Waals surface area contributed by atoms with Crippen molar-refractivity contribution in [2.45, 2.75) is 6.42 Å². The van der Waals surface area contributed by atoms with Gasteiger partial charge in [0.1, 0.15) is 11.6 Å². The van der Waals surface area contributed by atoms with Gasteiger partial charge in [-0.05, 0) is 23.8 Å². The second kappa shape index (κ2) is 8.30. The van der Waals surface area contributed by atoms with Crippen molar-refractivity contribution in [3.8, 4) is 0 Å². The van der Waals surface area contributed by atoms with Crippen molar-refractivity contribution in [2.75, 3.05) is 6.54 Å². The number of carbonyl (C=O) groups is 3. The van der Waals surface area contributed by atoms with E-state index in [9.17, 15) is 23.2 Å². The number of para-hydroxylation sites is 1. The molecule has 144 valence electrons. The Balaban J connectivity index is 1.46. The predicted molar refractivity (Wildman–Crippen MR) is 97.0 cm³/mol. The number of halogens is 2. The summed E-state index contributed by atoms with van der Waals surface area (Å²) in [7, 11) is 0. The molecule has 7 nitrogen and oxygen atoms in total. The molecule has 3 amide bonds. The number of hydrogen-bond acceptors (Lipinski definition) is 3. The van der Waals surface area contributed by atoms with E-state index < -0.39 is 35.9 Å². The van der Waals surface area contributed by atoms with Crippen molar-refractivity contribution in [3.63, 3.8) is 0 Å². The van der Waals surface area contributed by atoms with E-state index in [4.69, 9.17) is 0 Å². The highest BCUT2D eigenvalue weighted by molar-refractivity contribution is 5.96. The highest BCUT2D eigenvalue weighted by atomic mass is 19.1. The highest BCUT2D eigenvalue weighted by Gasteiger charge is 2.12. The number of H-pyrrole nitrogens is 1. The van der Waals surface area contributed by atoms with Crippen LogP contribution in [-0.2, 0) is 16.0 Å². The van der Waals surface area contributed by atoms with E-state index >= 15 is 0 Å². The van der Waals surface area contributed by atoms with Crippen molar-refractivity contribution in [2.24, 2.45) is 0 Å². The molecule has 0 aliphatic carbocycles. The van der Waals surface area contributed by atoms with Crippen molar-refractivity contribution in [1.29, 1.82) is 0 Å². The summed E-state index contributed by atoms with van der Waals surface area (Å²) >= 11 is 0. The summed E-state index contributed by atoms with van der Waals surface area (Å²) in [5.74, 6) is -3.77. The summed E-state index contributed by atoms with van der Waals surface area (Å²) in [6, 6.07) is 9.80. The first kappa shape index (κ1) is 19.0. The Morgan fingerprint density at radius 3 is 2.36 bits per heavy atom. The van der Waals surface area contributed by atoms with E-state index in [1.807, 2.05) is 24.3 Å². The minimum absolute atomic E-state index is 0.0409. The molecule has 0 atom stereocenters. The Kier molecular flexibility index (Phi) is 5.64. The molecule has 0 radical (unpaired) electrons. The zero-order chi connectivity index (χ0) is 20.1. The van der Waals surface area contributed by atoms with Gasteiger partial charge in [0.25, 0.3) is 11.8 Å². The van der Waals surface area contributed by atoms with Gasteiger partial charge in [-0.3, -0.25) is 25.2 Å². The Morgan fingerprint density at radius 1 is 0.929 bits per heavy atom. The number of benzene rings is 2. The lowest BCUT2D eigenvalue weighted by Gasteiger charge is -2.08. The van der Waals surface area contributed by atoms with Crippen LogP contribution in [0.1, 0.15) is 15.9 Å². The third-order valence-electron chi connectivity index (χ3n) is 3.90. The number of hydrogen-bond donors (Lipinski definition) is 4. The summed E-state index contributed by atoms with van der Waals surface area (Å²) in [5.41, 5.74) is 5.81. The van der Waals surface area contributed by atoms with Crippen LogP contribution in [0, 0.1) is 11.6 Å². The van der Waals surface area contributed by atoms with Crippen molar-refractivity contribution < 1.29 is 23.2 Å². The zero-order valence-electron chi connectivity index (χ0n) is 14.5. The SMILES string of the molecule is O=C(CNC(=O)c1cc(F)cc(F)c1)NNC(=O)Cc1c[nH]c2ccccc12. The molecular weight excluding hydrogens is 370 g/mol. The fraction of sp³-hybridized carbons (Fsp3) is 0.105. The maximum Gasteiger partial charge on any atom is 0.257 e. The van der Waals surface area contributed by atoms with Gasteiger partial charge in [0, 0.05) is 28.7 Å². The summed E-state index contributed by atoms with van der Waals surface area (Å²) in [4.78, 5) is 38.6. The first-order valence-corrected chi connectivity index (χ1v) is 8.29. The molecule has 0 saturated heterocycles. The first-order valence-electron chi connectivity index (χ1n) is 8.29. The van der Waals surface area contributed by atoms with Crippen LogP contribution in [0.15, 0.2) is 48.7 Å². The number of carbonyl (C=O) groups excluding carboxylic acids is 3. The minimum atomic E-state index is -0.904.